The summed E-state index contributed by atoms with van der Waals surface area (Å²) in [4.78, 5) is 9.86. The van der Waals surface area contributed by atoms with Crippen LogP contribution in [0.25, 0.3) is 0 Å². The van der Waals surface area contributed by atoms with Gasteiger partial charge >= 0.3 is 5.88 Å². The molecule has 6 nitrogen and oxygen atoms in total. The van der Waals surface area contributed by atoms with Crippen molar-refractivity contribution < 1.29 is 14.1 Å². The van der Waals surface area contributed by atoms with Crippen LogP contribution in [0.4, 0.5) is 5.88 Å². The summed E-state index contributed by atoms with van der Waals surface area (Å²) in [6.07, 6.45) is 0.560. The second-order valence-corrected chi connectivity index (χ2v) is 3.66. The molecule has 82 valence electrons. The van der Waals surface area contributed by atoms with E-state index in [0.717, 1.165) is 13.1 Å². The van der Waals surface area contributed by atoms with Crippen LogP contribution in [-0.4, -0.2) is 30.7 Å². The number of nitro groups is 1. The lowest BCUT2D eigenvalue weighted by atomic mass is 9.91. The molecule has 1 aliphatic rings. The lowest BCUT2D eigenvalue weighted by Crippen LogP contribution is -2.61. The largest absolute Gasteiger partial charge is 0.433 e. The predicted octanol–water partition coefficient (Wildman–Crippen LogP) is 0.719. The van der Waals surface area contributed by atoms with Gasteiger partial charge in [0.2, 0.25) is 0 Å². The van der Waals surface area contributed by atoms with Gasteiger partial charge in [0, 0.05) is 26.6 Å². The minimum absolute atomic E-state index is 0.219. The third-order valence-corrected chi connectivity index (χ3v) is 2.65. The first-order chi connectivity index (χ1) is 7.15. The van der Waals surface area contributed by atoms with E-state index in [0.29, 0.717) is 12.2 Å². The van der Waals surface area contributed by atoms with Crippen LogP contribution in [0.15, 0.2) is 16.5 Å². The standard InChI is InChI=1S/C9H12N2O4/c1-14-9(5-10-6-9)4-7-2-3-8(15-7)11(12)13/h2-3,10H,4-6H2,1H3. The zero-order valence-corrected chi connectivity index (χ0v) is 8.36. The normalized spacial score (nSPS) is 18.5. The number of nitrogens with one attached hydrogen (secondary N) is 1. The van der Waals surface area contributed by atoms with Crippen molar-refractivity contribution in [1.82, 2.24) is 5.32 Å². The fourth-order valence-electron chi connectivity index (χ4n) is 1.62. The van der Waals surface area contributed by atoms with E-state index in [-0.39, 0.29) is 11.5 Å². The van der Waals surface area contributed by atoms with E-state index >= 15 is 0 Å². The van der Waals surface area contributed by atoms with E-state index in [1.807, 2.05) is 0 Å². The van der Waals surface area contributed by atoms with Gasteiger partial charge in [0.25, 0.3) is 0 Å². The number of ether oxygens (including phenoxy) is 1. The highest BCUT2D eigenvalue weighted by Crippen LogP contribution is 2.25. The summed E-state index contributed by atoms with van der Waals surface area (Å²) in [6.45, 7) is 1.50. The first-order valence-corrected chi connectivity index (χ1v) is 4.64. The predicted molar refractivity (Wildman–Crippen MR) is 51.7 cm³/mol. The van der Waals surface area contributed by atoms with Gasteiger partial charge in [-0.3, -0.25) is 10.1 Å². The smallest absolute Gasteiger partial charge is 0.406 e. The Hall–Kier alpha value is -1.40. The highest BCUT2D eigenvalue weighted by atomic mass is 16.6. The Morgan fingerprint density at radius 3 is 2.80 bits per heavy atom. The molecule has 1 aliphatic heterocycles. The maximum Gasteiger partial charge on any atom is 0.433 e. The Kier molecular flexibility index (Phi) is 2.45. The van der Waals surface area contributed by atoms with E-state index in [1.54, 1.807) is 13.2 Å². The van der Waals surface area contributed by atoms with Crippen LogP contribution in [0.3, 0.4) is 0 Å². The number of methoxy groups -OCH3 is 1. The molecular weight excluding hydrogens is 200 g/mol. The SMILES string of the molecule is COC1(Cc2ccc([N+](=O)[O-])o2)CNC1. The topological polar surface area (TPSA) is 77.5 Å². The van der Waals surface area contributed by atoms with Crippen LogP contribution < -0.4 is 5.32 Å². The van der Waals surface area contributed by atoms with Crippen molar-refractivity contribution in [3.63, 3.8) is 0 Å². The van der Waals surface area contributed by atoms with Crippen molar-refractivity contribution in [1.29, 1.82) is 0 Å². The van der Waals surface area contributed by atoms with Crippen molar-refractivity contribution in [3.8, 4) is 0 Å². The van der Waals surface area contributed by atoms with Crippen molar-refractivity contribution in [2.45, 2.75) is 12.0 Å². The molecular formula is C9H12N2O4. The molecule has 0 atom stereocenters. The van der Waals surface area contributed by atoms with E-state index in [4.69, 9.17) is 9.15 Å². The van der Waals surface area contributed by atoms with Crippen molar-refractivity contribution in [3.05, 3.63) is 28.0 Å². The van der Waals surface area contributed by atoms with Crippen LogP contribution in [-0.2, 0) is 11.2 Å². The number of rotatable bonds is 4. The van der Waals surface area contributed by atoms with Gasteiger partial charge in [0.15, 0.2) is 0 Å². The zero-order chi connectivity index (χ0) is 10.9. The van der Waals surface area contributed by atoms with Gasteiger partial charge in [-0.2, -0.15) is 0 Å². The molecule has 0 amide bonds. The van der Waals surface area contributed by atoms with Gasteiger partial charge < -0.3 is 14.5 Å². The minimum Gasteiger partial charge on any atom is -0.406 e. The molecule has 0 bridgehead atoms. The van der Waals surface area contributed by atoms with Gasteiger partial charge in [0.1, 0.15) is 10.7 Å². The van der Waals surface area contributed by atoms with Crippen LogP contribution in [0, 0.1) is 10.1 Å². The Morgan fingerprint density at radius 1 is 1.67 bits per heavy atom. The molecule has 15 heavy (non-hydrogen) atoms. The molecule has 1 N–H and O–H groups in total. The molecule has 0 aromatic carbocycles. The maximum absolute atomic E-state index is 10.4. The second kappa shape index (κ2) is 3.63. The van der Waals surface area contributed by atoms with Gasteiger partial charge in [-0.1, -0.05) is 0 Å². The van der Waals surface area contributed by atoms with Gasteiger partial charge in [-0.15, -0.1) is 0 Å². The van der Waals surface area contributed by atoms with E-state index in [9.17, 15) is 10.1 Å². The number of hydrogen-bond acceptors (Lipinski definition) is 5. The first-order valence-electron chi connectivity index (χ1n) is 4.64. The quantitative estimate of drug-likeness (QED) is 0.587. The number of hydrogen-bond donors (Lipinski definition) is 1. The van der Waals surface area contributed by atoms with Crippen LogP contribution in [0.2, 0.25) is 0 Å². The molecule has 1 aromatic heterocycles. The van der Waals surface area contributed by atoms with E-state index in [2.05, 4.69) is 5.32 Å². The molecule has 1 saturated heterocycles. The summed E-state index contributed by atoms with van der Waals surface area (Å²) < 4.78 is 10.4. The molecule has 2 heterocycles. The van der Waals surface area contributed by atoms with Crippen molar-refractivity contribution in [2.24, 2.45) is 0 Å². The Labute approximate surface area is 86.4 Å². The molecule has 0 aliphatic carbocycles. The molecule has 0 unspecified atom stereocenters. The summed E-state index contributed by atoms with van der Waals surface area (Å²) in [7, 11) is 1.64. The average Bonchev–Trinajstić information content (AvgIpc) is 2.59. The molecule has 0 saturated carbocycles. The van der Waals surface area contributed by atoms with Crippen LogP contribution in [0.5, 0.6) is 0 Å². The second-order valence-electron chi connectivity index (χ2n) is 3.66. The molecule has 0 spiro atoms. The highest BCUT2D eigenvalue weighted by molar-refractivity contribution is 5.20. The Morgan fingerprint density at radius 2 is 2.40 bits per heavy atom. The van der Waals surface area contributed by atoms with Crippen molar-refractivity contribution in [2.75, 3.05) is 20.2 Å². The Bertz CT molecular complexity index is 364. The van der Waals surface area contributed by atoms with Crippen LogP contribution in [0.1, 0.15) is 5.76 Å². The average molecular weight is 212 g/mol. The molecule has 0 radical (unpaired) electrons. The summed E-state index contributed by atoms with van der Waals surface area (Å²) in [5.41, 5.74) is -0.258. The van der Waals surface area contributed by atoms with E-state index in [1.165, 1.54) is 6.07 Å². The summed E-state index contributed by atoms with van der Waals surface area (Å²) in [6, 6.07) is 2.99. The number of nitrogens with zero attached hydrogens (tertiary/aromatic N) is 1. The lowest BCUT2D eigenvalue weighted by Gasteiger charge is -2.40. The fourth-order valence-corrected chi connectivity index (χ4v) is 1.62. The van der Waals surface area contributed by atoms with E-state index < -0.39 is 4.92 Å². The van der Waals surface area contributed by atoms with Gasteiger partial charge in [-0.25, -0.2) is 0 Å². The highest BCUT2D eigenvalue weighted by Gasteiger charge is 2.38. The number of furan rings is 1. The summed E-state index contributed by atoms with van der Waals surface area (Å²) in [5, 5.41) is 13.5. The monoisotopic (exact) mass is 212 g/mol. The Balaban J connectivity index is 2.07. The third-order valence-electron chi connectivity index (χ3n) is 2.65. The van der Waals surface area contributed by atoms with Gasteiger partial charge in [-0.05, 0) is 6.07 Å². The zero-order valence-electron chi connectivity index (χ0n) is 8.36. The van der Waals surface area contributed by atoms with Crippen molar-refractivity contribution >= 4 is 5.88 Å². The molecule has 2 rings (SSSR count). The first kappa shape index (κ1) is 10.1. The lowest BCUT2D eigenvalue weighted by molar-refractivity contribution is -0.402. The molecule has 6 heteroatoms. The maximum atomic E-state index is 10.4. The molecule has 1 fully saturated rings. The minimum atomic E-state index is -0.540. The fraction of sp³-hybridized carbons (Fsp3) is 0.556. The summed E-state index contributed by atoms with van der Waals surface area (Å²) in [5.74, 6) is 0.369. The molecule has 1 aromatic rings. The summed E-state index contributed by atoms with van der Waals surface area (Å²) >= 11 is 0. The van der Waals surface area contributed by atoms with Gasteiger partial charge in [0.05, 0.1) is 11.7 Å². The van der Waals surface area contributed by atoms with Crippen LogP contribution >= 0.6 is 0 Å². The third kappa shape index (κ3) is 1.86.